The molecule has 0 radical (unpaired) electrons. The fraction of sp³-hybridized carbons (Fsp3) is 0.235. The van der Waals surface area contributed by atoms with Gasteiger partial charge in [-0.3, -0.25) is 14.0 Å². The maximum atomic E-state index is 12.9. The highest BCUT2D eigenvalue weighted by Crippen LogP contribution is 2.31. The van der Waals surface area contributed by atoms with Crippen LogP contribution in [0, 0.1) is 0 Å². The monoisotopic (exact) mass is 356 g/mol. The van der Waals surface area contributed by atoms with Crippen molar-refractivity contribution >= 4 is 39.5 Å². The van der Waals surface area contributed by atoms with Crippen LogP contribution >= 0.6 is 11.6 Å². The molecule has 7 nitrogen and oxygen atoms in total. The predicted molar refractivity (Wildman–Crippen MR) is 100 cm³/mol. The number of aromatic amines is 1. The van der Waals surface area contributed by atoms with E-state index in [-0.39, 0.29) is 5.56 Å². The van der Waals surface area contributed by atoms with Crippen LogP contribution in [0.4, 0.5) is 5.95 Å². The molecular formula is C17H17ClN6O. The summed E-state index contributed by atoms with van der Waals surface area (Å²) in [5.74, 6) is 0.594. The Hall–Kier alpha value is -2.80. The molecule has 0 saturated heterocycles. The lowest BCUT2D eigenvalue weighted by Crippen LogP contribution is -2.26. The lowest BCUT2D eigenvalue weighted by Gasteiger charge is -2.15. The molecule has 0 saturated carbocycles. The number of hydrogen-bond donors (Lipinski definition) is 1. The topological polar surface area (TPSA) is 71.7 Å². The molecule has 4 rings (SSSR count). The molecule has 0 spiro atoms. The van der Waals surface area contributed by atoms with Crippen LogP contribution < -0.4 is 10.5 Å². The van der Waals surface area contributed by atoms with Gasteiger partial charge in [0.1, 0.15) is 10.8 Å². The Morgan fingerprint density at radius 3 is 2.72 bits per heavy atom. The minimum Gasteiger partial charge on any atom is -0.348 e. The second kappa shape index (κ2) is 5.35. The summed E-state index contributed by atoms with van der Waals surface area (Å²) >= 11 is 6.31. The predicted octanol–water partition coefficient (Wildman–Crippen LogP) is 2.53. The van der Waals surface area contributed by atoms with Crippen LogP contribution in [-0.2, 0) is 14.1 Å². The molecule has 4 aromatic rings. The van der Waals surface area contributed by atoms with E-state index in [1.807, 2.05) is 43.4 Å². The highest BCUT2D eigenvalue weighted by Gasteiger charge is 2.17. The molecule has 0 unspecified atom stereocenters. The second-order valence-electron chi connectivity index (χ2n) is 6.24. The van der Waals surface area contributed by atoms with Gasteiger partial charge in [0.2, 0.25) is 5.95 Å². The van der Waals surface area contributed by atoms with E-state index in [9.17, 15) is 4.79 Å². The fourth-order valence-electron chi connectivity index (χ4n) is 3.11. The maximum Gasteiger partial charge on any atom is 0.264 e. The standard InChI is InChI=1S/C17H17ClN6O/c1-22(2)17-20-15-13(16(25)23(17)3)11(8-19-15)9-5-6-12-10(7-9)14(18)24(4)21-12/h5-8,19H,1-4H3. The maximum absolute atomic E-state index is 12.9. The number of anilines is 1. The molecule has 25 heavy (non-hydrogen) atoms. The summed E-state index contributed by atoms with van der Waals surface area (Å²) in [7, 11) is 7.24. The van der Waals surface area contributed by atoms with Crippen molar-refractivity contribution in [3.05, 3.63) is 39.9 Å². The van der Waals surface area contributed by atoms with Gasteiger partial charge in [-0.15, -0.1) is 0 Å². The normalized spacial score (nSPS) is 11.6. The zero-order valence-electron chi connectivity index (χ0n) is 14.3. The Kier molecular flexibility index (Phi) is 3.36. The number of hydrogen-bond acceptors (Lipinski definition) is 4. The van der Waals surface area contributed by atoms with Gasteiger partial charge in [-0.05, 0) is 17.7 Å². The third-order valence-electron chi connectivity index (χ3n) is 4.36. The molecule has 8 heteroatoms. The van der Waals surface area contributed by atoms with Crippen LogP contribution in [0.3, 0.4) is 0 Å². The van der Waals surface area contributed by atoms with Crippen LogP contribution in [0.15, 0.2) is 29.2 Å². The number of nitrogens with one attached hydrogen (secondary N) is 1. The third-order valence-corrected chi connectivity index (χ3v) is 4.81. The number of benzene rings is 1. The van der Waals surface area contributed by atoms with Gasteiger partial charge in [0.05, 0.1) is 10.9 Å². The van der Waals surface area contributed by atoms with Gasteiger partial charge < -0.3 is 9.88 Å². The number of nitrogens with zero attached hydrogens (tertiary/aromatic N) is 5. The summed E-state index contributed by atoms with van der Waals surface area (Å²) in [5.41, 5.74) is 2.99. The summed E-state index contributed by atoms with van der Waals surface area (Å²) in [6.45, 7) is 0. The highest BCUT2D eigenvalue weighted by molar-refractivity contribution is 6.34. The van der Waals surface area contributed by atoms with Crippen molar-refractivity contribution in [2.24, 2.45) is 14.1 Å². The first-order valence-corrected chi connectivity index (χ1v) is 8.14. The van der Waals surface area contributed by atoms with Gasteiger partial charge in [0.15, 0.2) is 0 Å². The first kappa shape index (κ1) is 15.7. The zero-order valence-corrected chi connectivity index (χ0v) is 15.1. The average Bonchev–Trinajstić information content (AvgIpc) is 3.12. The van der Waals surface area contributed by atoms with E-state index in [1.165, 1.54) is 0 Å². The molecule has 0 aliphatic rings. The quantitative estimate of drug-likeness (QED) is 0.599. The molecule has 3 heterocycles. The van der Waals surface area contributed by atoms with Gasteiger partial charge in [0.25, 0.3) is 5.56 Å². The van der Waals surface area contributed by atoms with Crippen LogP contribution in [0.5, 0.6) is 0 Å². The third kappa shape index (κ3) is 2.23. The molecule has 0 atom stereocenters. The summed E-state index contributed by atoms with van der Waals surface area (Å²) in [5, 5.41) is 6.34. The molecule has 1 aromatic carbocycles. The van der Waals surface area contributed by atoms with Crippen molar-refractivity contribution in [3.8, 4) is 11.1 Å². The number of rotatable bonds is 2. The SMILES string of the molecule is CN(C)c1nc2[nH]cc(-c3ccc4nn(C)c(Cl)c4c3)c2c(=O)n1C. The molecular weight excluding hydrogens is 340 g/mol. The van der Waals surface area contributed by atoms with Crippen molar-refractivity contribution in [1.29, 1.82) is 0 Å². The molecule has 128 valence electrons. The largest absolute Gasteiger partial charge is 0.348 e. The van der Waals surface area contributed by atoms with E-state index in [0.717, 1.165) is 22.0 Å². The zero-order chi connectivity index (χ0) is 17.9. The minimum absolute atomic E-state index is 0.0951. The van der Waals surface area contributed by atoms with Crippen LogP contribution in [0.2, 0.25) is 5.15 Å². The summed E-state index contributed by atoms with van der Waals surface area (Å²) in [6, 6.07) is 5.79. The van der Waals surface area contributed by atoms with Gasteiger partial charge >= 0.3 is 0 Å². The number of aromatic nitrogens is 5. The number of halogens is 1. The average molecular weight is 357 g/mol. The van der Waals surface area contributed by atoms with Crippen LogP contribution in [-0.4, -0.2) is 38.4 Å². The Morgan fingerprint density at radius 1 is 1.24 bits per heavy atom. The Balaban J connectivity index is 2.00. The highest BCUT2D eigenvalue weighted by atomic mass is 35.5. The van der Waals surface area contributed by atoms with Crippen molar-refractivity contribution in [2.45, 2.75) is 0 Å². The smallest absolute Gasteiger partial charge is 0.264 e. The number of H-pyrrole nitrogens is 1. The van der Waals surface area contributed by atoms with E-state index >= 15 is 0 Å². The van der Waals surface area contributed by atoms with E-state index < -0.39 is 0 Å². The van der Waals surface area contributed by atoms with E-state index in [0.29, 0.717) is 22.1 Å². The van der Waals surface area contributed by atoms with Crippen LogP contribution in [0.25, 0.3) is 33.1 Å². The van der Waals surface area contributed by atoms with Gasteiger partial charge in [0, 0.05) is 45.3 Å². The van der Waals surface area contributed by atoms with Gasteiger partial charge in [-0.2, -0.15) is 10.1 Å². The minimum atomic E-state index is -0.0951. The number of fused-ring (bicyclic) bond motifs is 2. The Morgan fingerprint density at radius 2 is 2.00 bits per heavy atom. The van der Waals surface area contributed by atoms with E-state index in [4.69, 9.17) is 11.6 Å². The molecule has 0 aliphatic heterocycles. The van der Waals surface area contributed by atoms with Crippen molar-refractivity contribution in [2.75, 3.05) is 19.0 Å². The molecule has 3 aromatic heterocycles. The first-order valence-electron chi connectivity index (χ1n) is 7.76. The Bertz CT molecular complexity index is 1180. The summed E-state index contributed by atoms with van der Waals surface area (Å²) in [6.07, 6.45) is 1.81. The molecule has 1 N–H and O–H groups in total. The first-order chi connectivity index (χ1) is 11.9. The molecule has 0 aliphatic carbocycles. The fourth-order valence-corrected chi connectivity index (χ4v) is 3.30. The van der Waals surface area contributed by atoms with Crippen molar-refractivity contribution in [1.82, 2.24) is 24.3 Å². The van der Waals surface area contributed by atoms with Crippen molar-refractivity contribution in [3.63, 3.8) is 0 Å². The van der Waals surface area contributed by atoms with E-state index in [1.54, 1.807) is 23.3 Å². The lowest BCUT2D eigenvalue weighted by atomic mass is 10.0. The van der Waals surface area contributed by atoms with Gasteiger partial charge in [-0.25, -0.2) is 0 Å². The Labute approximate surface area is 148 Å². The van der Waals surface area contributed by atoms with Crippen molar-refractivity contribution < 1.29 is 0 Å². The van der Waals surface area contributed by atoms with E-state index in [2.05, 4.69) is 15.1 Å². The van der Waals surface area contributed by atoms with Crippen LogP contribution in [0.1, 0.15) is 0 Å². The molecule has 0 bridgehead atoms. The summed E-state index contributed by atoms with van der Waals surface area (Å²) in [4.78, 5) is 22.4. The molecule has 0 amide bonds. The van der Waals surface area contributed by atoms with Gasteiger partial charge in [-0.1, -0.05) is 17.7 Å². The molecule has 0 fully saturated rings. The summed E-state index contributed by atoms with van der Waals surface area (Å²) < 4.78 is 3.18. The second-order valence-corrected chi connectivity index (χ2v) is 6.60. The lowest BCUT2D eigenvalue weighted by molar-refractivity contribution is 0.780. The number of aryl methyl sites for hydroxylation is 1.